The van der Waals surface area contributed by atoms with Gasteiger partial charge in [0.25, 0.3) is 0 Å². The van der Waals surface area contributed by atoms with Crippen LogP contribution in [-0.4, -0.2) is 18.5 Å². The number of hydrogen-bond donors (Lipinski definition) is 2. The average Bonchev–Trinajstić information content (AvgIpc) is 2.26. The first-order valence-electron chi connectivity index (χ1n) is 6.09. The third-order valence-corrected chi connectivity index (χ3v) is 2.70. The minimum absolute atomic E-state index is 0.0365. The second-order valence-corrected chi connectivity index (χ2v) is 4.68. The molecule has 94 valence electrons. The predicted octanol–water partition coefficient (Wildman–Crippen LogP) is 2.17. The van der Waals surface area contributed by atoms with Crippen LogP contribution in [0, 0.1) is 6.92 Å². The van der Waals surface area contributed by atoms with E-state index in [1.54, 1.807) is 0 Å². The lowest BCUT2D eigenvalue weighted by molar-refractivity contribution is -0.121. The van der Waals surface area contributed by atoms with Crippen LogP contribution in [0.15, 0.2) is 24.3 Å². The van der Waals surface area contributed by atoms with E-state index in [2.05, 4.69) is 29.7 Å². The monoisotopic (exact) mass is 234 g/mol. The van der Waals surface area contributed by atoms with Crippen LogP contribution in [0.25, 0.3) is 0 Å². The molecule has 0 heterocycles. The zero-order chi connectivity index (χ0) is 12.8. The Labute approximate surface area is 104 Å². The molecule has 1 atom stereocenters. The summed E-state index contributed by atoms with van der Waals surface area (Å²) in [5.74, 6) is 0.0365. The number of amides is 1. The maximum Gasteiger partial charge on any atom is 0.234 e. The molecule has 0 aromatic heterocycles. The van der Waals surface area contributed by atoms with Gasteiger partial charge in [0.1, 0.15) is 0 Å². The van der Waals surface area contributed by atoms with E-state index in [-0.39, 0.29) is 11.9 Å². The first kappa shape index (κ1) is 13.7. The van der Waals surface area contributed by atoms with Crippen molar-refractivity contribution in [2.45, 2.75) is 39.8 Å². The Kier molecular flexibility index (Phi) is 5.16. The molecule has 17 heavy (non-hydrogen) atoms. The fraction of sp³-hybridized carbons (Fsp3) is 0.500. The molecule has 1 aromatic carbocycles. The lowest BCUT2D eigenvalue weighted by Crippen LogP contribution is -2.38. The van der Waals surface area contributed by atoms with E-state index in [0.29, 0.717) is 12.6 Å². The van der Waals surface area contributed by atoms with Crippen molar-refractivity contribution in [3.05, 3.63) is 35.4 Å². The van der Waals surface area contributed by atoms with Gasteiger partial charge < -0.3 is 10.6 Å². The number of benzene rings is 1. The van der Waals surface area contributed by atoms with Gasteiger partial charge in [0.2, 0.25) is 5.91 Å². The Morgan fingerprint density at radius 3 is 2.47 bits per heavy atom. The van der Waals surface area contributed by atoms with E-state index in [9.17, 15) is 4.79 Å². The molecule has 0 saturated heterocycles. The molecular weight excluding hydrogens is 212 g/mol. The van der Waals surface area contributed by atoms with Crippen molar-refractivity contribution >= 4 is 5.91 Å². The van der Waals surface area contributed by atoms with Crippen molar-refractivity contribution in [1.82, 2.24) is 10.6 Å². The van der Waals surface area contributed by atoms with Gasteiger partial charge in [-0.25, -0.2) is 0 Å². The van der Waals surface area contributed by atoms with Crippen LogP contribution in [0.4, 0.5) is 0 Å². The fourth-order valence-corrected chi connectivity index (χ4v) is 1.74. The second-order valence-electron chi connectivity index (χ2n) is 4.68. The zero-order valence-electron chi connectivity index (χ0n) is 11.1. The molecule has 1 rings (SSSR count). The largest absolute Gasteiger partial charge is 0.348 e. The van der Waals surface area contributed by atoms with Crippen LogP contribution >= 0.6 is 0 Å². The lowest BCUT2D eigenvalue weighted by atomic mass is 10.0. The number of aryl methyl sites for hydroxylation is 1. The maximum absolute atomic E-state index is 11.7. The Bertz CT molecular complexity index is 374. The molecule has 3 nitrogen and oxygen atoms in total. The number of carbonyl (C=O) groups is 1. The summed E-state index contributed by atoms with van der Waals surface area (Å²) in [6.45, 7) is 8.49. The highest BCUT2D eigenvalue weighted by atomic mass is 16.1. The van der Waals surface area contributed by atoms with E-state index >= 15 is 0 Å². The van der Waals surface area contributed by atoms with Gasteiger partial charge in [-0.2, -0.15) is 0 Å². The van der Waals surface area contributed by atoms with Gasteiger partial charge in [0.15, 0.2) is 0 Å². The molecule has 0 aliphatic rings. The van der Waals surface area contributed by atoms with E-state index in [1.807, 2.05) is 32.9 Å². The highest BCUT2D eigenvalue weighted by Gasteiger charge is 2.10. The Morgan fingerprint density at radius 2 is 1.88 bits per heavy atom. The number of hydrogen-bond acceptors (Lipinski definition) is 2. The van der Waals surface area contributed by atoms with E-state index in [1.165, 1.54) is 11.1 Å². The number of nitrogens with one attached hydrogen (secondary N) is 2. The third kappa shape index (κ3) is 4.57. The van der Waals surface area contributed by atoms with Gasteiger partial charge in [-0.15, -0.1) is 0 Å². The molecule has 0 unspecified atom stereocenters. The molecule has 1 amide bonds. The van der Waals surface area contributed by atoms with Gasteiger partial charge in [0, 0.05) is 6.04 Å². The predicted molar refractivity (Wildman–Crippen MR) is 70.9 cm³/mol. The highest BCUT2D eigenvalue weighted by Crippen LogP contribution is 2.16. The van der Waals surface area contributed by atoms with Crippen LogP contribution in [0.3, 0.4) is 0 Å². The average molecular weight is 234 g/mol. The van der Waals surface area contributed by atoms with Crippen molar-refractivity contribution in [2.75, 3.05) is 6.54 Å². The Morgan fingerprint density at radius 1 is 1.24 bits per heavy atom. The summed E-state index contributed by atoms with van der Waals surface area (Å²) in [6.07, 6.45) is 0. The smallest absolute Gasteiger partial charge is 0.234 e. The molecular formula is C14H22N2O. The summed E-state index contributed by atoms with van der Waals surface area (Å²) in [6, 6.07) is 8.50. The van der Waals surface area contributed by atoms with Crippen molar-refractivity contribution < 1.29 is 4.79 Å². The van der Waals surface area contributed by atoms with Gasteiger partial charge >= 0.3 is 0 Å². The minimum Gasteiger partial charge on any atom is -0.348 e. The first-order chi connectivity index (χ1) is 8.00. The van der Waals surface area contributed by atoms with Crippen molar-refractivity contribution in [3.63, 3.8) is 0 Å². The summed E-state index contributed by atoms with van der Waals surface area (Å²) in [7, 11) is 0. The molecule has 2 N–H and O–H groups in total. The van der Waals surface area contributed by atoms with Crippen molar-refractivity contribution in [1.29, 1.82) is 0 Å². The summed E-state index contributed by atoms with van der Waals surface area (Å²) in [4.78, 5) is 11.7. The molecule has 0 aliphatic carbocycles. The van der Waals surface area contributed by atoms with Crippen molar-refractivity contribution in [2.24, 2.45) is 0 Å². The molecule has 0 spiro atoms. The lowest BCUT2D eigenvalue weighted by Gasteiger charge is -2.17. The van der Waals surface area contributed by atoms with Crippen LogP contribution in [0.1, 0.15) is 37.9 Å². The Balaban J connectivity index is 2.52. The zero-order valence-corrected chi connectivity index (χ0v) is 11.1. The summed E-state index contributed by atoms with van der Waals surface area (Å²) in [5, 5.41) is 6.10. The second kappa shape index (κ2) is 6.40. The van der Waals surface area contributed by atoms with Gasteiger partial charge in [-0.1, -0.05) is 38.1 Å². The summed E-state index contributed by atoms with van der Waals surface area (Å²) in [5.41, 5.74) is 2.38. The molecule has 0 radical (unpaired) electrons. The van der Waals surface area contributed by atoms with E-state index in [0.717, 1.165) is 0 Å². The van der Waals surface area contributed by atoms with Crippen LogP contribution < -0.4 is 10.6 Å². The first-order valence-corrected chi connectivity index (χ1v) is 6.09. The van der Waals surface area contributed by atoms with Gasteiger partial charge in [0.05, 0.1) is 12.6 Å². The molecule has 0 bridgehead atoms. The standard InChI is InChI=1S/C14H22N2O/c1-10(2)15-9-14(17)16-12(4)13-8-6-5-7-11(13)3/h5-8,10,12,15H,9H2,1-4H3,(H,16,17)/t12-/m0/s1. The minimum atomic E-state index is 0.0365. The summed E-state index contributed by atoms with van der Waals surface area (Å²) >= 11 is 0. The highest BCUT2D eigenvalue weighted by molar-refractivity contribution is 5.78. The Hall–Kier alpha value is -1.35. The normalized spacial score (nSPS) is 12.5. The van der Waals surface area contributed by atoms with Crippen LogP contribution in [-0.2, 0) is 4.79 Å². The van der Waals surface area contributed by atoms with E-state index in [4.69, 9.17) is 0 Å². The number of carbonyl (C=O) groups excluding carboxylic acids is 1. The van der Waals surface area contributed by atoms with E-state index < -0.39 is 0 Å². The maximum atomic E-state index is 11.7. The molecule has 0 saturated carbocycles. The fourth-order valence-electron chi connectivity index (χ4n) is 1.74. The molecule has 1 aromatic rings. The quantitative estimate of drug-likeness (QED) is 0.820. The SMILES string of the molecule is Cc1ccccc1[C@H](C)NC(=O)CNC(C)C. The topological polar surface area (TPSA) is 41.1 Å². The van der Waals surface area contributed by atoms with Crippen LogP contribution in [0.2, 0.25) is 0 Å². The van der Waals surface area contributed by atoms with Crippen molar-refractivity contribution in [3.8, 4) is 0 Å². The third-order valence-electron chi connectivity index (χ3n) is 2.70. The molecule has 0 aliphatic heterocycles. The molecule has 3 heteroatoms. The molecule has 0 fully saturated rings. The summed E-state index contributed by atoms with van der Waals surface area (Å²) < 4.78 is 0. The number of rotatable bonds is 5. The van der Waals surface area contributed by atoms with Gasteiger partial charge in [-0.3, -0.25) is 4.79 Å². The van der Waals surface area contributed by atoms with Gasteiger partial charge in [-0.05, 0) is 25.0 Å². The van der Waals surface area contributed by atoms with Crippen LogP contribution in [0.5, 0.6) is 0 Å².